The van der Waals surface area contributed by atoms with Crippen LogP contribution >= 0.6 is 11.3 Å². The predicted molar refractivity (Wildman–Crippen MR) is 81.0 cm³/mol. The average Bonchev–Trinajstić information content (AvgIpc) is 2.97. The minimum atomic E-state index is -0.357. The molecule has 2 aromatic carbocycles. The third-order valence-electron chi connectivity index (χ3n) is 3.02. The molecular formula is C16H13NO2S. The molecule has 0 unspecified atom stereocenters. The van der Waals surface area contributed by atoms with Crippen LogP contribution in [0, 0.1) is 0 Å². The Morgan fingerprint density at radius 3 is 2.85 bits per heavy atom. The smallest absolute Gasteiger partial charge is 0.367 e. The number of aromatic nitrogens is 1. The summed E-state index contributed by atoms with van der Waals surface area (Å²) >= 11 is 1.32. The molecule has 0 aliphatic rings. The van der Waals surface area contributed by atoms with Gasteiger partial charge in [0.2, 0.25) is 5.01 Å². The summed E-state index contributed by atoms with van der Waals surface area (Å²) in [5, 5.41) is 4.59. The summed E-state index contributed by atoms with van der Waals surface area (Å²) in [6.45, 7) is 2.15. The molecule has 0 N–H and O–H groups in total. The van der Waals surface area contributed by atoms with Crippen LogP contribution in [0.5, 0.6) is 0 Å². The van der Waals surface area contributed by atoms with Crippen LogP contribution in [0.4, 0.5) is 0 Å². The first kappa shape index (κ1) is 12.8. The minimum Gasteiger partial charge on any atom is -0.461 e. The van der Waals surface area contributed by atoms with E-state index in [-0.39, 0.29) is 5.97 Å². The zero-order valence-corrected chi connectivity index (χ0v) is 11.8. The molecule has 0 saturated carbocycles. The Morgan fingerprint density at radius 1 is 1.20 bits per heavy atom. The third kappa shape index (κ3) is 2.30. The first-order chi connectivity index (χ1) is 9.79. The monoisotopic (exact) mass is 283 g/mol. The summed E-state index contributed by atoms with van der Waals surface area (Å²) in [4.78, 5) is 16.1. The molecule has 3 rings (SSSR count). The minimum absolute atomic E-state index is 0.357. The lowest BCUT2D eigenvalue weighted by Crippen LogP contribution is -2.03. The van der Waals surface area contributed by atoms with E-state index in [1.54, 1.807) is 6.92 Å². The highest BCUT2D eigenvalue weighted by atomic mass is 32.1. The topological polar surface area (TPSA) is 39.2 Å². The maximum absolute atomic E-state index is 11.7. The Hall–Kier alpha value is -2.20. The van der Waals surface area contributed by atoms with Crippen molar-refractivity contribution < 1.29 is 9.53 Å². The van der Waals surface area contributed by atoms with Crippen molar-refractivity contribution in [2.45, 2.75) is 6.92 Å². The molecular weight excluding hydrogens is 270 g/mol. The van der Waals surface area contributed by atoms with Crippen LogP contribution in [0.2, 0.25) is 0 Å². The third-order valence-corrected chi connectivity index (χ3v) is 3.84. The van der Waals surface area contributed by atoms with Crippen LogP contribution in [0.25, 0.3) is 22.0 Å². The summed E-state index contributed by atoms with van der Waals surface area (Å²) in [5.41, 5.74) is 1.85. The highest BCUT2D eigenvalue weighted by molar-refractivity contribution is 7.11. The van der Waals surface area contributed by atoms with Crippen molar-refractivity contribution in [1.82, 2.24) is 4.98 Å². The number of hydrogen-bond donors (Lipinski definition) is 0. The lowest BCUT2D eigenvalue weighted by molar-refractivity contribution is 0.0526. The number of esters is 1. The van der Waals surface area contributed by atoms with E-state index >= 15 is 0 Å². The number of rotatable bonds is 3. The van der Waals surface area contributed by atoms with Gasteiger partial charge in [-0.25, -0.2) is 9.78 Å². The van der Waals surface area contributed by atoms with Crippen molar-refractivity contribution in [3.63, 3.8) is 0 Å². The lowest BCUT2D eigenvalue weighted by atomic mass is 10.0. The second kappa shape index (κ2) is 5.43. The first-order valence-corrected chi connectivity index (χ1v) is 7.28. The summed E-state index contributed by atoms with van der Waals surface area (Å²) in [6, 6.07) is 14.2. The molecule has 0 aliphatic heterocycles. The molecule has 0 bridgehead atoms. The Labute approximate surface area is 120 Å². The SMILES string of the molecule is CCOC(=O)c1nc(-c2cccc3ccccc23)cs1. The van der Waals surface area contributed by atoms with Gasteiger partial charge in [-0.3, -0.25) is 0 Å². The fraction of sp³-hybridized carbons (Fsp3) is 0.125. The molecule has 0 aliphatic carbocycles. The van der Waals surface area contributed by atoms with Crippen molar-refractivity contribution in [2.75, 3.05) is 6.61 Å². The number of carbonyl (C=O) groups excluding carboxylic acids is 1. The van der Waals surface area contributed by atoms with Gasteiger partial charge in [-0.15, -0.1) is 11.3 Å². The molecule has 0 spiro atoms. The van der Waals surface area contributed by atoms with Gasteiger partial charge >= 0.3 is 5.97 Å². The maximum atomic E-state index is 11.7. The van der Waals surface area contributed by atoms with E-state index in [4.69, 9.17) is 4.74 Å². The number of benzene rings is 2. The molecule has 1 aromatic heterocycles. The Kier molecular flexibility index (Phi) is 3.48. The summed E-state index contributed by atoms with van der Waals surface area (Å²) in [5.74, 6) is -0.357. The molecule has 20 heavy (non-hydrogen) atoms. The van der Waals surface area contributed by atoms with Gasteiger partial charge in [-0.05, 0) is 17.7 Å². The van der Waals surface area contributed by atoms with Crippen molar-refractivity contribution in [3.8, 4) is 11.3 Å². The van der Waals surface area contributed by atoms with Crippen molar-refractivity contribution >= 4 is 28.1 Å². The fourth-order valence-corrected chi connectivity index (χ4v) is 2.84. The van der Waals surface area contributed by atoms with Gasteiger partial charge in [0.25, 0.3) is 0 Å². The summed E-state index contributed by atoms with van der Waals surface area (Å²) < 4.78 is 4.97. The van der Waals surface area contributed by atoms with Gasteiger partial charge in [0, 0.05) is 10.9 Å². The van der Waals surface area contributed by atoms with Gasteiger partial charge in [-0.1, -0.05) is 42.5 Å². The second-order valence-corrected chi connectivity index (χ2v) is 5.14. The summed E-state index contributed by atoms with van der Waals surface area (Å²) in [7, 11) is 0. The lowest BCUT2D eigenvalue weighted by Gasteiger charge is -2.03. The molecule has 100 valence electrons. The Bertz CT molecular complexity index is 759. The second-order valence-electron chi connectivity index (χ2n) is 4.29. The standard InChI is InChI=1S/C16H13NO2S/c1-2-19-16(18)15-17-14(10-20-15)13-9-5-7-11-6-3-4-8-12(11)13/h3-10H,2H2,1H3. The quantitative estimate of drug-likeness (QED) is 0.678. The molecule has 3 nitrogen and oxygen atoms in total. The molecule has 0 fully saturated rings. The fourth-order valence-electron chi connectivity index (χ4n) is 2.13. The number of ether oxygens (including phenoxy) is 1. The molecule has 0 amide bonds. The van der Waals surface area contributed by atoms with Crippen LogP contribution in [-0.4, -0.2) is 17.6 Å². The number of thiazole rings is 1. The predicted octanol–water partition coefficient (Wildman–Crippen LogP) is 4.14. The molecule has 0 atom stereocenters. The van der Waals surface area contributed by atoms with Crippen molar-refractivity contribution in [3.05, 3.63) is 52.9 Å². The number of nitrogens with zero attached hydrogens (tertiary/aromatic N) is 1. The molecule has 0 radical (unpaired) electrons. The van der Waals surface area contributed by atoms with Gasteiger partial charge in [0.05, 0.1) is 12.3 Å². The number of carbonyl (C=O) groups is 1. The zero-order valence-electron chi connectivity index (χ0n) is 11.0. The molecule has 0 saturated heterocycles. The van der Waals surface area contributed by atoms with Gasteiger partial charge in [0.1, 0.15) is 0 Å². The zero-order chi connectivity index (χ0) is 13.9. The van der Waals surface area contributed by atoms with E-state index in [0.717, 1.165) is 22.0 Å². The van der Waals surface area contributed by atoms with Crippen LogP contribution in [0.1, 0.15) is 16.7 Å². The number of hydrogen-bond acceptors (Lipinski definition) is 4. The van der Waals surface area contributed by atoms with Crippen LogP contribution in [-0.2, 0) is 4.74 Å². The van der Waals surface area contributed by atoms with Gasteiger partial charge in [0.15, 0.2) is 0 Å². The first-order valence-electron chi connectivity index (χ1n) is 6.40. The Morgan fingerprint density at radius 2 is 2.00 bits per heavy atom. The van der Waals surface area contributed by atoms with E-state index in [0.29, 0.717) is 11.6 Å². The largest absolute Gasteiger partial charge is 0.461 e. The van der Waals surface area contributed by atoms with E-state index in [1.165, 1.54) is 11.3 Å². The highest BCUT2D eigenvalue weighted by Gasteiger charge is 2.14. The Balaban J connectivity index is 2.06. The van der Waals surface area contributed by atoms with E-state index in [2.05, 4.69) is 23.2 Å². The van der Waals surface area contributed by atoms with Crippen molar-refractivity contribution in [2.24, 2.45) is 0 Å². The van der Waals surface area contributed by atoms with Crippen LogP contribution in [0.3, 0.4) is 0 Å². The van der Waals surface area contributed by atoms with Crippen molar-refractivity contribution in [1.29, 1.82) is 0 Å². The maximum Gasteiger partial charge on any atom is 0.367 e. The molecule has 1 heterocycles. The van der Waals surface area contributed by atoms with E-state index in [9.17, 15) is 4.79 Å². The van der Waals surface area contributed by atoms with E-state index in [1.807, 2.05) is 29.6 Å². The average molecular weight is 283 g/mol. The van der Waals surface area contributed by atoms with Gasteiger partial charge in [-0.2, -0.15) is 0 Å². The highest BCUT2D eigenvalue weighted by Crippen LogP contribution is 2.29. The van der Waals surface area contributed by atoms with Crippen LogP contribution < -0.4 is 0 Å². The van der Waals surface area contributed by atoms with Gasteiger partial charge < -0.3 is 4.74 Å². The summed E-state index contributed by atoms with van der Waals surface area (Å²) in [6.07, 6.45) is 0. The molecule has 4 heteroatoms. The van der Waals surface area contributed by atoms with E-state index < -0.39 is 0 Å². The normalized spacial score (nSPS) is 10.7. The number of fused-ring (bicyclic) bond motifs is 1. The molecule has 3 aromatic rings. The van der Waals surface area contributed by atoms with Crippen LogP contribution in [0.15, 0.2) is 47.8 Å².